The van der Waals surface area contributed by atoms with Crippen LogP contribution in [0.25, 0.3) is 5.57 Å². The van der Waals surface area contributed by atoms with Crippen molar-refractivity contribution in [2.45, 2.75) is 13.3 Å². The van der Waals surface area contributed by atoms with Gasteiger partial charge in [-0.1, -0.05) is 6.08 Å². The number of aryl methyl sites for hydroxylation is 1. The Morgan fingerprint density at radius 1 is 1.08 bits per heavy atom. The molecule has 0 aliphatic carbocycles. The van der Waals surface area contributed by atoms with Gasteiger partial charge in [-0.05, 0) is 31.1 Å². The van der Waals surface area contributed by atoms with Gasteiger partial charge in [-0.15, -0.1) is 11.3 Å². The normalized spacial score (nSPS) is 14.0. The van der Waals surface area contributed by atoms with E-state index >= 15 is 0 Å². The van der Waals surface area contributed by atoms with E-state index in [2.05, 4.69) is 6.08 Å². The molecule has 1 aromatic heterocycles. The monoisotopic (exact) mass is 373 g/mol. The number of methoxy groups -OCH3 is 3. The number of carbonyl (C=O) groups is 1. The molecule has 1 aromatic carbocycles. The standard InChI is InChI=1S/C20H23NO4S/c1-13-5-6-18(26-13)20(22)21-9-7-14(8-10-21)19-16(24-3)11-15(23-2)12-17(19)25-4/h5-7,11-12H,8-10H2,1-4H3. The first-order valence-corrected chi connectivity index (χ1v) is 9.24. The van der Waals surface area contributed by atoms with E-state index in [0.29, 0.717) is 30.3 Å². The minimum Gasteiger partial charge on any atom is -0.496 e. The van der Waals surface area contributed by atoms with E-state index in [1.807, 2.05) is 36.1 Å². The van der Waals surface area contributed by atoms with Gasteiger partial charge < -0.3 is 19.1 Å². The SMILES string of the molecule is COc1cc(OC)c(C2=CCN(C(=O)c3ccc(C)s3)CC2)c(OC)c1. The Kier molecular flexibility index (Phi) is 5.52. The smallest absolute Gasteiger partial charge is 0.264 e. The van der Waals surface area contributed by atoms with E-state index in [9.17, 15) is 4.79 Å². The number of carbonyl (C=O) groups excluding carboxylic acids is 1. The van der Waals surface area contributed by atoms with E-state index in [1.54, 1.807) is 21.3 Å². The number of benzene rings is 1. The Balaban J connectivity index is 1.86. The van der Waals surface area contributed by atoms with E-state index in [1.165, 1.54) is 11.3 Å². The highest BCUT2D eigenvalue weighted by Crippen LogP contribution is 2.41. The fraction of sp³-hybridized carbons (Fsp3) is 0.350. The molecular formula is C20H23NO4S. The van der Waals surface area contributed by atoms with Crippen molar-refractivity contribution in [1.82, 2.24) is 4.90 Å². The summed E-state index contributed by atoms with van der Waals surface area (Å²) in [5, 5.41) is 0. The van der Waals surface area contributed by atoms with Gasteiger partial charge in [-0.2, -0.15) is 0 Å². The topological polar surface area (TPSA) is 48.0 Å². The average Bonchev–Trinajstić information content (AvgIpc) is 3.12. The van der Waals surface area contributed by atoms with E-state index in [-0.39, 0.29) is 5.91 Å². The van der Waals surface area contributed by atoms with Crippen molar-refractivity contribution in [2.24, 2.45) is 0 Å². The second kappa shape index (κ2) is 7.83. The van der Waals surface area contributed by atoms with Crippen LogP contribution >= 0.6 is 11.3 Å². The zero-order valence-electron chi connectivity index (χ0n) is 15.5. The summed E-state index contributed by atoms with van der Waals surface area (Å²) in [6.07, 6.45) is 2.82. The number of thiophene rings is 1. The van der Waals surface area contributed by atoms with E-state index < -0.39 is 0 Å². The van der Waals surface area contributed by atoms with Gasteiger partial charge in [0.15, 0.2) is 0 Å². The van der Waals surface area contributed by atoms with E-state index in [0.717, 1.165) is 27.3 Å². The van der Waals surface area contributed by atoms with Crippen LogP contribution in [0.3, 0.4) is 0 Å². The predicted octanol–water partition coefficient (Wildman–Crippen LogP) is 4.01. The number of amides is 1. The number of hydrogen-bond acceptors (Lipinski definition) is 5. The molecule has 0 fully saturated rings. The van der Waals surface area contributed by atoms with Crippen molar-refractivity contribution >= 4 is 22.8 Å². The van der Waals surface area contributed by atoms with Crippen molar-refractivity contribution in [2.75, 3.05) is 34.4 Å². The lowest BCUT2D eigenvalue weighted by molar-refractivity contribution is 0.0777. The van der Waals surface area contributed by atoms with Gasteiger partial charge in [0, 0.05) is 30.1 Å². The van der Waals surface area contributed by atoms with Gasteiger partial charge >= 0.3 is 0 Å². The number of hydrogen-bond donors (Lipinski definition) is 0. The molecule has 0 N–H and O–H groups in total. The van der Waals surface area contributed by atoms with Gasteiger partial charge in [0.1, 0.15) is 17.2 Å². The third kappa shape index (κ3) is 3.55. The largest absolute Gasteiger partial charge is 0.496 e. The van der Waals surface area contributed by atoms with Gasteiger partial charge in [-0.3, -0.25) is 4.79 Å². The van der Waals surface area contributed by atoms with Crippen LogP contribution < -0.4 is 14.2 Å². The summed E-state index contributed by atoms with van der Waals surface area (Å²) in [5.41, 5.74) is 2.04. The number of nitrogens with zero attached hydrogens (tertiary/aromatic N) is 1. The summed E-state index contributed by atoms with van der Waals surface area (Å²) in [7, 11) is 4.88. The molecule has 1 aliphatic heterocycles. The highest BCUT2D eigenvalue weighted by Gasteiger charge is 2.24. The molecule has 3 rings (SSSR count). The summed E-state index contributed by atoms with van der Waals surface area (Å²) in [5.74, 6) is 2.19. The summed E-state index contributed by atoms with van der Waals surface area (Å²) in [6, 6.07) is 7.59. The minimum atomic E-state index is 0.0899. The lowest BCUT2D eigenvalue weighted by Crippen LogP contribution is -2.34. The molecule has 0 bridgehead atoms. The number of rotatable bonds is 5. The maximum absolute atomic E-state index is 12.6. The van der Waals surface area contributed by atoms with Gasteiger partial charge in [-0.25, -0.2) is 0 Å². The average molecular weight is 373 g/mol. The van der Waals surface area contributed by atoms with Crippen LogP contribution in [-0.2, 0) is 0 Å². The molecule has 0 saturated heterocycles. The second-order valence-electron chi connectivity index (χ2n) is 6.05. The van der Waals surface area contributed by atoms with Crippen LogP contribution in [0, 0.1) is 6.92 Å². The summed E-state index contributed by atoms with van der Waals surface area (Å²) in [4.78, 5) is 16.4. The van der Waals surface area contributed by atoms with Gasteiger partial charge in [0.2, 0.25) is 0 Å². The molecule has 5 nitrogen and oxygen atoms in total. The van der Waals surface area contributed by atoms with Crippen LogP contribution in [0.1, 0.15) is 26.5 Å². The Bertz CT molecular complexity index is 815. The molecule has 2 aromatic rings. The lowest BCUT2D eigenvalue weighted by Gasteiger charge is -2.27. The molecule has 6 heteroatoms. The fourth-order valence-electron chi connectivity index (χ4n) is 3.11. The fourth-order valence-corrected chi connectivity index (χ4v) is 3.94. The maximum Gasteiger partial charge on any atom is 0.264 e. The molecule has 1 aliphatic rings. The summed E-state index contributed by atoms with van der Waals surface area (Å²) in [6.45, 7) is 3.25. The highest BCUT2D eigenvalue weighted by molar-refractivity contribution is 7.13. The maximum atomic E-state index is 12.6. The third-order valence-corrected chi connectivity index (χ3v) is 5.47. The zero-order valence-corrected chi connectivity index (χ0v) is 16.3. The van der Waals surface area contributed by atoms with Crippen molar-refractivity contribution in [3.05, 3.63) is 45.7 Å². The zero-order chi connectivity index (χ0) is 18.7. The molecule has 0 spiro atoms. The Hall–Kier alpha value is -2.47. The molecule has 26 heavy (non-hydrogen) atoms. The number of ether oxygens (including phenoxy) is 3. The van der Waals surface area contributed by atoms with Crippen molar-refractivity contribution < 1.29 is 19.0 Å². The van der Waals surface area contributed by atoms with Crippen LogP contribution in [-0.4, -0.2) is 45.2 Å². The molecule has 138 valence electrons. The summed E-state index contributed by atoms with van der Waals surface area (Å²) < 4.78 is 16.4. The predicted molar refractivity (Wildman–Crippen MR) is 104 cm³/mol. The molecule has 2 heterocycles. The minimum absolute atomic E-state index is 0.0899. The first-order chi connectivity index (χ1) is 12.6. The third-order valence-electron chi connectivity index (χ3n) is 4.48. The van der Waals surface area contributed by atoms with Gasteiger partial charge in [0.05, 0.1) is 31.8 Å². The highest BCUT2D eigenvalue weighted by atomic mass is 32.1. The van der Waals surface area contributed by atoms with Crippen molar-refractivity contribution in [3.63, 3.8) is 0 Å². The van der Waals surface area contributed by atoms with Crippen LogP contribution in [0.4, 0.5) is 0 Å². The molecule has 0 atom stereocenters. The first kappa shape index (κ1) is 18.3. The molecule has 0 saturated carbocycles. The second-order valence-corrected chi connectivity index (χ2v) is 7.34. The molecular weight excluding hydrogens is 350 g/mol. The molecule has 0 radical (unpaired) electrons. The van der Waals surface area contributed by atoms with Crippen molar-refractivity contribution in [3.8, 4) is 17.2 Å². The first-order valence-electron chi connectivity index (χ1n) is 8.42. The Morgan fingerprint density at radius 2 is 1.77 bits per heavy atom. The van der Waals surface area contributed by atoms with E-state index in [4.69, 9.17) is 14.2 Å². The van der Waals surface area contributed by atoms with Crippen LogP contribution in [0.5, 0.6) is 17.2 Å². The van der Waals surface area contributed by atoms with Crippen LogP contribution in [0.2, 0.25) is 0 Å². The quantitative estimate of drug-likeness (QED) is 0.794. The lowest BCUT2D eigenvalue weighted by atomic mass is 9.97. The molecule has 1 amide bonds. The molecule has 0 unspecified atom stereocenters. The summed E-state index contributed by atoms with van der Waals surface area (Å²) >= 11 is 1.54. The Morgan fingerprint density at radius 3 is 2.23 bits per heavy atom. The van der Waals surface area contributed by atoms with Gasteiger partial charge in [0.25, 0.3) is 5.91 Å². The Labute approximate surface area is 157 Å². The van der Waals surface area contributed by atoms with Crippen molar-refractivity contribution in [1.29, 1.82) is 0 Å². The van der Waals surface area contributed by atoms with Crippen LogP contribution in [0.15, 0.2) is 30.3 Å².